The van der Waals surface area contributed by atoms with Crippen LogP contribution < -0.4 is 4.90 Å². The van der Waals surface area contributed by atoms with Crippen LogP contribution in [-0.4, -0.2) is 41.1 Å². The van der Waals surface area contributed by atoms with Gasteiger partial charge >= 0.3 is 0 Å². The monoisotopic (exact) mass is 478 g/mol. The SMILES string of the molecule is CCCCN1C(=O)[C@@H]2[C@@H](C1=O)[C@@H](C(=O)c1ccccc1)N1c3ccc(Br)cc3C=C[C@H]21. The number of nitrogens with zero attached hydrogens (tertiary/aromatic N) is 2. The zero-order valence-corrected chi connectivity index (χ0v) is 18.8. The lowest BCUT2D eigenvalue weighted by Crippen LogP contribution is -2.48. The molecule has 2 fully saturated rings. The van der Waals surface area contributed by atoms with E-state index in [-0.39, 0.29) is 23.6 Å². The van der Waals surface area contributed by atoms with Crippen LogP contribution in [0.4, 0.5) is 5.69 Å². The van der Waals surface area contributed by atoms with Crippen molar-refractivity contribution in [1.82, 2.24) is 4.90 Å². The minimum Gasteiger partial charge on any atom is -0.352 e. The molecule has 5 nitrogen and oxygen atoms in total. The van der Waals surface area contributed by atoms with Crippen LogP contribution in [0.25, 0.3) is 6.08 Å². The predicted octanol–water partition coefficient (Wildman–Crippen LogP) is 4.32. The molecular weight excluding hydrogens is 456 g/mol. The Labute approximate surface area is 189 Å². The summed E-state index contributed by atoms with van der Waals surface area (Å²) in [4.78, 5) is 44.0. The van der Waals surface area contributed by atoms with E-state index in [1.807, 2.05) is 60.4 Å². The molecule has 2 amide bonds. The molecule has 3 aliphatic rings. The van der Waals surface area contributed by atoms with Gasteiger partial charge in [0.2, 0.25) is 11.8 Å². The van der Waals surface area contributed by atoms with Crippen molar-refractivity contribution in [1.29, 1.82) is 0 Å². The zero-order valence-electron chi connectivity index (χ0n) is 17.2. The first-order valence-electron chi connectivity index (χ1n) is 10.7. The maximum Gasteiger partial charge on any atom is 0.235 e. The van der Waals surface area contributed by atoms with Gasteiger partial charge in [-0.15, -0.1) is 0 Å². The van der Waals surface area contributed by atoms with E-state index in [0.29, 0.717) is 12.1 Å². The number of ketones is 1. The van der Waals surface area contributed by atoms with Crippen molar-refractivity contribution in [2.24, 2.45) is 11.8 Å². The molecule has 0 bridgehead atoms. The Balaban J connectivity index is 1.63. The highest BCUT2D eigenvalue weighted by Crippen LogP contribution is 2.49. The summed E-state index contributed by atoms with van der Waals surface area (Å²) in [5.41, 5.74) is 2.42. The van der Waals surface area contributed by atoms with Gasteiger partial charge in [-0.05, 0) is 30.2 Å². The van der Waals surface area contributed by atoms with Crippen LogP contribution in [-0.2, 0) is 9.59 Å². The smallest absolute Gasteiger partial charge is 0.235 e. The molecule has 6 heteroatoms. The second-order valence-electron chi connectivity index (χ2n) is 8.37. The van der Waals surface area contributed by atoms with E-state index in [0.717, 1.165) is 28.6 Å². The largest absolute Gasteiger partial charge is 0.352 e. The molecule has 2 aromatic carbocycles. The fraction of sp³-hybridized carbons (Fsp3) is 0.320. The first-order chi connectivity index (χ1) is 15.0. The summed E-state index contributed by atoms with van der Waals surface area (Å²) in [5, 5.41) is 0. The fourth-order valence-electron chi connectivity index (χ4n) is 5.22. The molecule has 0 radical (unpaired) electrons. The van der Waals surface area contributed by atoms with Crippen LogP contribution in [0.1, 0.15) is 35.7 Å². The van der Waals surface area contributed by atoms with Crippen molar-refractivity contribution in [3.63, 3.8) is 0 Å². The fourth-order valence-corrected chi connectivity index (χ4v) is 5.59. The third-order valence-electron chi connectivity index (χ3n) is 6.62. The number of rotatable bonds is 5. The zero-order chi connectivity index (χ0) is 21.7. The van der Waals surface area contributed by atoms with E-state index in [1.165, 1.54) is 4.90 Å². The number of fused-ring (bicyclic) bond motifs is 5. The summed E-state index contributed by atoms with van der Waals surface area (Å²) < 4.78 is 0.942. The van der Waals surface area contributed by atoms with Gasteiger partial charge in [0, 0.05) is 22.3 Å². The first-order valence-corrected chi connectivity index (χ1v) is 11.5. The van der Waals surface area contributed by atoms with Gasteiger partial charge in [0.05, 0.1) is 17.9 Å². The van der Waals surface area contributed by atoms with E-state index in [4.69, 9.17) is 0 Å². The third kappa shape index (κ3) is 3.07. The normalized spacial score (nSPS) is 26.1. The highest BCUT2D eigenvalue weighted by molar-refractivity contribution is 9.10. The average molecular weight is 479 g/mol. The number of carbonyl (C=O) groups is 3. The molecule has 158 valence electrons. The second kappa shape index (κ2) is 7.75. The van der Waals surface area contributed by atoms with E-state index in [1.54, 1.807) is 12.1 Å². The molecule has 0 N–H and O–H groups in total. The van der Waals surface area contributed by atoms with Gasteiger partial charge in [-0.1, -0.05) is 71.8 Å². The molecule has 3 aliphatic heterocycles. The second-order valence-corrected chi connectivity index (χ2v) is 9.28. The Bertz CT molecular complexity index is 1100. The number of halogens is 1. The van der Waals surface area contributed by atoms with Crippen LogP contribution in [0.3, 0.4) is 0 Å². The Hall–Kier alpha value is -2.73. The van der Waals surface area contributed by atoms with Gasteiger partial charge in [0.15, 0.2) is 5.78 Å². The molecule has 2 saturated heterocycles. The minimum atomic E-state index is -0.703. The average Bonchev–Trinajstić information content (AvgIpc) is 3.25. The number of anilines is 1. The molecule has 4 atom stereocenters. The van der Waals surface area contributed by atoms with E-state index >= 15 is 0 Å². The standard InChI is InChI=1S/C25H23BrN2O3/c1-2-3-13-27-24(30)20-19-11-9-16-14-17(26)10-12-18(16)28(19)22(21(20)25(27)31)23(29)15-7-5-4-6-8-15/h4-12,14,19-22H,2-3,13H2,1H3/t19-,20+,21-,22+/m1/s1. The Morgan fingerprint density at radius 1 is 1.03 bits per heavy atom. The van der Waals surface area contributed by atoms with Gasteiger partial charge in [-0.3, -0.25) is 19.3 Å². The third-order valence-corrected chi connectivity index (χ3v) is 7.11. The molecule has 3 heterocycles. The van der Waals surface area contributed by atoms with Gasteiger partial charge in [0.1, 0.15) is 6.04 Å². The highest BCUT2D eigenvalue weighted by Gasteiger charge is 2.63. The lowest BCUT2D eigenvalue weighted by atomic mass is 9.86. The van der Waals surface area contributed by atoms with E-state index in [9.17, 15) is 14.4 Å². The minimum absolute atomic E-state index is 0.110. The Kier molecular flexibility index (Phi) is 5.05. The molecular formula is C25H23BrN2O3. The number of imide groups is 1. The number of Topliss-reactive ketones (excluding diaryl/α,β-unsaturated/α-hetero) is 1. The van der Waals surface area contributed by atoms with E-state index < -0.39 is 17.9 Å². The Morgan fingerprint density at radius 3 is 2.52 bits per heavy atom. The number of hydrogen-bond donors (Lipinski definition) is 0. The summed E-state index contributed by atoms with van der Waals surface area (Å²) in [7, 11) is 0. The maximum absolute atomic E-state index is 13.7. The summed E-state index contributed by atoms with van der Waals surface area (Å²) in [6.45, 7) is 2.46. The van der Waals surface area contributed by atoms with Crippen molar-refractivity contribution in [2.75, 3.05) is 11.4 Å². The lowest BCUT2D eigenvalue weighted by molar-refractivity contribution is -0.140. The summed E-state index contributed by atoms with van der Waals surface area (Å²) in [5.74, 6) is -1.66. The molecule has 0 saturated carbocycles. The number of carbonyl (C=O) groups excluding carboxylic acids is 3. The van der Waals surface area contributed by atoms with Crippen LogP contribution >= 0.6 is 15.9 Å². The predicted molar refractivity (Wildman–Crippen MR) is 123 cm³/mol. The van der Waals surface area contributed by atoms with Gasteiger partial charge in [0.25, 0.3) is 0 Å². The molecule has 2 aromatic rings. The molecule has 5 rings (SSSR count). The van der Waals surface area contributed by atoms with Crippen molar-refractivity contribution >= 4 is 45.3 Å². The number of benzene rings is 2. The first kappa shape index (κ1) is 20.2. The van der Waals surface area contributed by atoms with Crippen molar-refractivity contribution < 1.29 is 14.4 Å². The van der Waals surface area contributed by atoms with Crippen molar-refractivity contribution in [3.8, 4) is 0 Å². The Morgan fingerprint density at radius 2 is 1.77 bits per heavy atom. The highest BCUT2D eigenvalue weighted by atomic mass is 79.9. The van der Waals surface area contributed by atoms with Gasteiger partial charge < -0.3 is 4.90 Å². The lowest BCUT2D eigenvalue weighted by Gasteiger charge is -2.36. The molecule has 31 heavy (non-hydrogen) atoms. The topological polar surface area (TPSA) is 57.7 Å². The molecule has 0 aromatic heterocycles. The molecule has 0 unspecified atom stereocenters. The van der Waals surface area contributed by atoms with E-state index in [2.05, 4.69) is 15.9 Å². The van der Waals surface area contributed by atoms with Crippen molar-refractivity contribution in [2.45, 2.75) is 31.8 Å². The van der Waals surface area contributed by atoms with Crippen LogP contribution in [0.15, 0.2) is 59.1 Å². The van der Waals surface area contributed by atoms with Gasteiger partial charge in [-0.25, -0.2) is 0 Å². The van der Waals surface area contributed by atoms with Crippen molar-refractivity contribution in [3.05, 3.63) is 70.2 Å². The van der Waals surface area contributed by atoms with Crippen LogP contribution in [0.2, 0.25) is 0 Å². The number of amides is 2. The van der Waals surface area contributed by atoms with Gasteiger partial charge in [-0.2, -0.15) is 0 Å². The summed E-state index contributed by atoms with van der Waals surface area (Å²) in [6, 6.07) is 14.0. The maximum atomic E-state index is 13.7. The summed E-state index contributed by atoms with van der Waals surface area (Å²) in [6.07, 6.45) is 5.66. The van der Waals surface area contributed by atoms with Crippen LogP contribution in [0.5, 0.6) is 0 Å². The number of hydrogen-bond acceptors (Lipinski definition) is 4. The number of unbranched alkanes of at least 4 members (excludes halogenated alkanes) is 1. The number of likely N-dealkylation sites (tertiary alicyclic amines) is 1. The molecule has 0 aliphatic carbocycles. The summed E-state index contributed by atoms with van der Waals surface area (Å²) >= 11 is 3.51. The molecule has 0 spiro atoms. The quantitative estimate of drug-likeness (QED) is 0.474. The van der Waals surface area contributed by atoms with Crippen LogP contribution in [0, 0.1) is 11.8 Å².